The zero-order valence-electron chi connectivity index (χ0n) is 12.2. The minimum atomic E-state index is -4.75. The molecule has 22 heavy (non-hydrogen) atoms. The van der Waals surface area contributed by atoms with Crippen molar-refractivity contribution < 1.29 is 27.8 Å². The molecule has 1 atom stereocenters. The highest BCUT2D eigenvalue weighted by atomic mass is 19.4. The number of amides is 1. The molecule has 8 heteroatoms. The lowest BCUT2D eigenvalue weighted by Gasteiger charge is -2.26. The van der Waals surface area contributed by atoms with Gasteiger partial charge in [-0.05, 0) is 24.1 Å². The number of alkyl halides is 3. The molecule has 0 aromatic carbocycles. The number of halogens is 3. The summed E-state index contributed by atoms with van der Waals surface area (Å²) in [5.74, 6) is -0.461. The molecule has 124 valence electrons. The smallest absolute Gasteiger partial charge is 0.383 e. The Morgan fingerprint density at radius 1 is 1.41 bits per heavy atom. The molecule has 1 unspecified atom stereocenters. The van der Waals surface area contributed by atoms with Crippen molar-refractivity contribution in [3.8, 4) is 0 Å². The first-order chi connectivity index (χ1) is 10.3. The predicted octanol–water partition coefficient (Wildman–Crippen LogP) is 1.41. The van der Waals surface area contributed by atoms with Crippen LogP contribution in [0.3, 0.4) is 0 Å². The van der Waals surface area contributed by atoms with E-state index in [9.17, 15) is 18.0 Å². The number of rotatable bonds is 8. The Balaban J connectivity index is 2.59. The highest BCUT2D eigenvalue weighted by Gasteiger charge is 2.39. The second kappa shape index (κ2) is 8.70. The summed E-state index contributed by atoms with van der Waals surface area (Å²) in [6.07, 6.45) is -3.71. The normalized spacial score (nSPS) is 13.0. The molecule has 1 rings (SSSR count). The van der Waals surface area contributed by atoms with E-state index in [1.165, 1.54) is 7.11 Å². The fourth-order valence-electron chi connectivity index (χ4n) is 1.79. The van der Waals surface area contributed by atoms with Crippen LogP contribution in [0.2, 0.25) is 0 Å². The fraction of sp³-hybridized carbons (Fsp3) is 0.571. The summed E-state index contributed by atoms with van der Waals surface area (Å²) in [6.45, 7) is -0.688. The number of aliphatic hydroxyl groups is 1. The van der Waals surface area contributed by atoms with Crippen LogP contribution >= 0.6 is 0 Å². The maximum atomic E-state index is 12.4. The number of pyridine rings is 1. The van der Waals surface area contributed by atoms with Crippen LogP contribution in [0.4, 0.5) is 13.2 Å². The number of ether oxygens (including phenoxy) is 1. The maximum Gasteiger partial charge on any atom is 0.416 e. The second-order valence-corrected chi connectivity index (χ2v) is 4.75. The fourth-order valence-corrected chi connectivity index (χ4v) is 1.79. The van der Waals surface area contributed by atoms with E-state index in [1.807, 2.05) is 0 Å². The first kappa shape index (κ1) is 18.4. The molecule has 1 heterocycles. The number of nitrogens with zero attached hydrogens (tertiary/aromatic N) is 2. The molecule has 0 radical (unpaired) electrons. The van der Waals surface area contributed by atoms with Gasteiger partial charge < -0.3 is 14.7 Å². The summed E-state index contributed by atoms with van der Waals surface area (Å²) >= 11 is 0. The average molecular weight is 320 g/mol. The Labute approximate surface area is 126 Å². The number of aromatic nitrogens is 1. The maximum absolute atomic E-state index is 12.4. The summed E-state index contributed by atoms with van der Waals surface area (Å²) in [4.78, 5) is 16.9. The molecule has 1 aromatic heterocycles. The number of methoxy groups -OCH3 is 1. The van der Waals surface area contributed by atoms with E-state index in [0.717, 1.165) is 10.5 Å². The van der Waals surface area contributed by atoms with E-state index in [4.69, 9.17) is 9.84 Å². The lowest BCUT2D eigenvalue weighted by molar-refractivity contribution is -0.208. The van der Waals surface area contributed by atoms with Crippen LogP contribution in [-0.4, -0.2) is 60.0 Å². The Hall–Kier alpha value is -1.67. The topological polar surface area (TPSA) is 62.7 Å². The van der Waals surface area contributed by atoms with Gasteiger partial charge in [-0.1, -0.05) is 0 Å². The van der Waals surface area contributed by atoms with E-state index >= 15 is 0 Å². The van der Waals surface area contributed by atoms with E-state index < -0.39 is 24.7 Å². The van der Waals surface area contributed by atoms with Crippen LogP contribution in [0, 0.1) is 0 Å². The van der Waals surface area contributed by atoms with Crippen LogP contribution in [-0.2, 0) is 16.0 Å². The molecular formula is C14H19F3N2O3. The monoisotopic (exact) mass is 320 g/mol. The molecule has 5 nitrogen and oxygen atoms in total. The van der Waals surface area contributed by atoms with E-state index in [1.54, 1.807) is 24.5 Å². The van der Waals surface area contributed by atoms with Crippen molar-refractivity contribution >= 4 is 5.91 Å². The third-order valence-electron chi connectivity index (χ3n) is 3.07. The van der Waals surface area contributed by atoms with Crippen molar-refractivity contribution in [2.75, 3.05) is 26.8 Å². The van der Waals surface area contributed by atoms with Crippen molar-refractivity contribution in [2.24, 2.45) is 0 Å². The van der Waals surface area contributed by atoms with Crippen LogP contribution in [0.1, 0.15) is 12.0 Å². The summed E-state index contributed by atoms with van der Waals surface area (Å²) in [6, 6.07) is 3.47. The quantitative estimate of drug-likeness (QED) is 0.787. The zero-order chi connectivity index (χ0) is 16.6. The summed E-state index contributed by atoms with van der Waals surface area (Å²) in [5, 5.41) is 9.12. The number of hydrogen-bond donors (Lipinski definition) is 1. The Bertz CT molecular complexity index is 454. The van der Waals surface area contributed by atoms with Crippen molar-refractivity contribution in [1.29, 1.82) is 0 Å². The summed E-state index contributed by atoms with van der Waals surface area (Å²) < 4.78 is 42.0. The third kappa shape index (κ3) is 6.40. The van der Waals surface area contributed by atoms with Crippen LogP contribution < -0.4 is 0 Å². The summed E-state index contributed by atoms with van der Waals surface area (Å²) in [5.41, 5.74) is 0.867. The molecule has 0 saturated carbocycles. The molecule has 0 aliphatic heterocycles. The van der Waals surface area contributed by atoms with Gasteiger partial charge in [0.2, 0.25) is 5.91 Å². The van der Waals surface area contributed by atoms with Gasteiger partial charge in [-0.2, -0.15) is 13.2 Å². The molecule has 0 aliphatic rings. The molecule has 1 amide bonds. The van der Waals surface area contributed by atoms with Gasteiger partial charge in [0.05, 0.1) is 13.2 Å². The molecule has 0 bridgehead atoms. The van der Waals surface area contributed by atoms with E-state index in [0.29, 0.717) is 6.42 Å². The van der Waals surface area contributed by atoms with Crippen LogP contribution in [0.5, 0.6) is 0 Å². The van der Waals surface area contributed by atoms with Gasteiger partial charge in [0.25, 0.3) is 0 Å². The molecular weight excluding hydrogens is 301 g/mol. The highest BCUT2D eigenvalue weighted by Crippen LogP contribution is 2.21. The number of hydrogen-bond acceptors (Lipinski definition) is 4. The predicted molar refractivity (Wildman–Crippen MR) is 73.1 cm³/mol. The molecule has 0 spiro atoms. The SMILES string of the molecule is COCCN(CC(O)C(F)(F)F)C(=O)CCc1ccncc1. The van der Waals surface area contributed by atoms with Gasteiger partial charge in [-0.3, -0.25) is 9.78 Å². The average Bonchev–Trinajstić information content (AvgIpc) is 2.48. The van der Waals surface area contributed by atoms with Gasteiger partial charge in [0.15, 0.2) is 6.10 Å². The van der Waals surface area contributed by atoms with Gasteiger partial charge in [0.1, 0.15) is 0 Å². The van der Waals surface area contributed by atoms with Gasteiger partial charge in [-0.25, -0.2) is 0 Å². The standard InChI is InChI=1S/C14H19F3N2O3/c1-22-9-8-19(10-12(20)14(15,16)17)13(21)3-2-11-4-6-18-7-5-11/h4-7,12,20H,2-3,8-10H2,1H3. The summed E-state index contributed by atoms with van der Waals surface area (Å²) in [7, 11) is 1.39. The molecule has 0 fully saturated rings. The number of carbonyl (C=O) groups excluding carboxylic acids is 1. The van der Waals surface area contributed by atoms with Gasteiger partial charge >= 0.3 is 6.18 Å². The van der Waals surface area contributed by atoms with Gasteiger partial charge in [0, 0.05) is 32.5 Å². The largest absolute Gasteiger partial charge is 0.416 e. The van der Waals surface area contributed by atoms with E-state index in [2.05, 4.69) is 4.98 Å². The lowest BCUT2D eigenvalue weighted by atomic mass is 10.1. The first-order valence-electron chi connectivity index (χ1n) is 6.75. The molecule has 1 aromatic rings. The first-order valence-corrected chi connectivity index (χ1v) is 6.75. The zero-order valence-corrected chi connectivity index (χ0v) is 12.2. The number of carbonyl (C=O) groups is 1. The second-order valence-electron chi connectivity index (χ2n) is 4.75. The van der Waals surface area contributed by atoms with Crippen molar-refractivity contribution in [1.82, 2.24) is 9.88 Å². The van der Waals surface area contributed by atoms with Gasteiger partial charge in [-0.15, -0.1) is 0 Å². The third-order valence-corrected chi connectivity index (χ3v) is 3.07. The number of aryl methyl sites for hydroxylation is 1. The molecule has 1 N–H and O–H groups in total. The minimum Gasteiger partial charge on any atom is -0.383 e. The Kier molecular flexibility index (Phi) is 7.26. The molecule has 0 saturated heterocycles. The Morgan fingerprint density at radius 2 is 2.05 bits per heavy atom. The van der Waals surface area contributed by atoms with Crippen LogP contribution in [0.15, 0.2) is 24.5 Å². The minimum absolute atomic E-state index is 0.00117. The lowest BCUT2D eigenvalue weighted by Crippen LogP contribution is -2.45. The Morgan fingerprint density at radius 3 is 2.59 bits per heavy atom. The van der Waals surface area contributed by atoms with Crippen molar-refractivity contribution in [3.05, 3.63) is 30.1 Å². The number of aliphatic hydroxyl groups excluding tert-OH is 1. The van der Waals surface area contributed by atoms with Crippen LogP contribution in [0.25, 0.3) is 0 Å². The highest BCUT2D eigenvalue weighted by molar-refractivity contribution is 5.76. The molecule has 0 aliphatic carbocycles. The van der Waals surface area contributed by atoms with Crippen molar-refractivity contribution in [3.63, 3.8) is 0 Å². The van der Waals surface area contributed by atoms with E-state index in [-0.39, 0.29) is 19.6 Å². The van der Waals surface area contributed by atoms with Crippen molar-refractivity contribution in [2.45, 2.75) is 25.1 Å².